The van der Waals surface area contributed by atoms with E-state index in [4.69, 9.17) is 9.47 Å². The van der Waals surface area contributed by atoms with E-state index in [0.29, 0.717) is 29.6 Å². The number of piperidine rings is 1. The minimum atomic E-state index is -0.396. The average Bonchev–Trinajstić information content (AvgIpc) is 3.04. The molecule has 160 valence electrons. The van der Waals surface area contributed by atoms with Gasteiger partial charge in [-0.3, -0.25) is 14.5 Å². The van der Waals surface area contributed by atoms with Crippen LogP contribution in [0.4, 0.5) is 5.00 Å². The second kappa shape index (κ2) is 9.71. The summed E-state index contributed by atoms with van der Waals surface area (Å²) in [6, 6.07) is 0. The van der Waals surface area contributed by atoms with Gasteiger partial charge in [0.25, 0.3) is 0 Å². The van der Waals surface area contributed by atoms with Crippen LogP contribution in [0.5, 0.6) is 0 Å². The van der Waals surface area contributed by atoms with Crippen LogP contribution in [0.15, 0.2) is 0 Å². The van der Waals surface area contributed by atoms with E-state index in [1.165, 1.54) is 23.3 Å². The lowest BCUT2D eigenvalue weighted by Gasteiger charge is -2.30. The van der Waals surface area contributed by atoms with Crippen LogP contribution in [-0.2, 0) is 31.9 Å². The lowest BCUT2D eigenvalue weighted by Crippen LogP contribution is -2.43. The van der Waals surface area contributed by atoms with Crippen LogP contribution >= 0.6 is 11.3 Å². The summed E-state index contributed by atoms with van der Waals surface area (Å²) in [7, 11) is 1.37. The fraction of sp³-hybridized carbons (Fsp3) is 0.667. The molecule has 2 heterocycles. The third-order valence-corrected chi connectivity index (χ3v) is 6.82. The summed E-state index contributed by atoms with van der Waals surface area (Å²) >= 11 is 1.49. The molecule has 0 aromatic carbocycles. The number of amides is 1. The molecule has 1 N–H and O–H groups in total. The number of rotatable bonds is 6. The molecule has 3 rings (SSSR count). The van der Waals surface area contributed by atoms with Crippen LogP contribution in [0.1, 0.15) is 53.9 Å². The van der Waals surface area contributed by atoms with Crippen LogP contribution in [0.25, 0.3) is 0 Å². The van der Waals surface area contributed by atoms with Crippen LogP contribution in [0, 0.1) is 11.8 Å². The third-order valence-electron chi connectivity index (χ3n) is 5.65. The minimum Gasteiger partial charge on any atom is -0.466 e. The number of nitrogens with zero attached hydrogens (tertiary/aromatic N) is 1. The van der Waals surface area contributed by atoms with Crippen molar-refractivity contribution in [3.05, 3.63) is 16.0 Å². The van der Waals surface area contributed by atoms with Crippen molar-refractivity contribution in [1.82, 2.24) is 4.90 Å². The zero-order valence-corrected chi connectivity index (χ0v) is 18.2. The number of hydrogen-bond donors (Lipinski definition) is 1. The van der Waals surface area contributed by atoms with Gasteiger partial charge in [0.1, 0.15) is 5.00 Å². The molecular weight excluding hydrogens is 392 g/mol. The molecule has 2 aliphatic rings. The van der Waals surface area contributed by atoms with Crippen molar-refractivity contribution in [2.45, 2.75) is 46.0 Å². The lowest BCUT2D eigenvalue weighted by molar-refractivity contribution is -0.150. The predicted molar refractivity (Wildman–Crippen MR) is 111 cm³/mol. The SMILES string of the molecule is CCOC(=O)[C@H]1CCCN(CC(=O)Nc2sc3c(c2C(=O)OC)CC[C@@H](C)C3)C1. The maximum Gasteiger partial charge on any atom is 0.341 e. The van der Waals surface area contributed by atoms with Crippen LogP contribution in [0.2, 0.25) is 0 Å². The molecule has 2 atom stereocenters. The Morgan fingerprint density at radius 2 is 2.07 bits per heavy atom. The van der Waals surface area contributed by atoms with Crippen molar-refractivity contribution in [3.63, 3.8) is 0 Å². The van der Waals surface area contributed by atoms with E-state index in [2.05, 4.69) is 12.2 Å². The number of carbonyl (C=O) groups excluding carboxylic acids is 3. The summed E-state index contributed by atoms with van der Waals surface area (Å²) in [6.45, 7) is 5.85. The van der Waals surface area contributed by atoms with E-state index in [1.54, 1.807) is 6.92 Å². The Bertz CT molecular complexity index is 775. The Morgan fingerprint density at radius 1 is 1.28 bits per heavy atom. The fourth-order valence-electron chi connectivity index (χ4n) is 4.18. The van der Waals surface area contributed by atoms with Crippen molar-refractivity contribution < 1.29 is 23.9 Å². The first-order valence-electron chi connectivity index (χ1n) is 10.3. The van der Waals surface area contributed by atoms with E-state index in [9.17, 15) is 14.4 Å². The van der Waals surface area contributed by atoms with E-state index in [0.717, 1.165) is 44.2 Å². The standard InChI is InChI=1S/C21H30N2O5S/c1-4-28-20(25)14-6-5-9-23(11-14)12-17(24)22-19-18(21(26)27-3)15-8-7-13(2)10-16(15)29-19/h13-14H,4-12H2,1-3H3,(H,22,24)/t13-,14+/m1/s1. The number of nitrogens with one attached hydrogen (secondary N) is 1. The predicted octanol–water partition coefficient (Wildman–Crippen LogP) is 2.87. The number of esters is 2. The second-order valence-corrected chi connectivity index (χ2v) is 9.03. The highest BCUT2D eigenvalue weighted by molar-refractivity contribution is 7.17. The molecule has 1 aromatic rings. The van der Waals surface area contributed by atoms with Crippen LogP contribution < -0.4 is 5.32 Å². The van der Waals surface area contributed by atoms with Gasteiger partial charge < -0.3 is 14.8 Å². The van der Waals surface area contributed by atoms with Gasteiger partial charge in [0, 0.05) is 11.4 Å². The number of hydrogen-bond acceptors (Lipinski definition) is 7. The highest BCUT2D eigenvalue weighted by Gasteiger charge is 2.30. The molecule has 1 aromatic heterocycles. The van der Waals surface area contributed by atoms with Crippen LogP contribution in [-0.4, -0.2) is 56.1 Å². The molecule has 0 unspecified atom stereocenters. The highest BCUT2D eigenvalue weighted by atomic mass is 32.1. The first-order valence-corrected chi connectivity index (χ1v) is 11.2. The van der Waals surface area contributed by atoms with Gasteiger partial charge in [-0.15, -0.1) is 11.3 Å². The summed E-state index contributed by atoms with van der Waals surface area (Å²) in [5.41, 5.74) is 1.53. The smallest absolute Gasteiger partial charge is 0.341 e. The number of thiophene rings is 1. The van der Waals surface area contributed by atoms with E-state index in [-0.39, 0.29) is 24.3 Å². The van der Waals surface area contributed by atoms with Crippen molar-refractivity contribution in [1.29, 1.82) is 0 Å². The van der Waals surface area contributed by atoms with E-state index in [1.807, 2.05) is 4.90 Å². The highest BCUT2D eigenvalue weighted by Crippen LogP contribution is 2.40. The molecule has 0 bridgehead atoms. The molecule has 0 saturated carbocycles. The maximum absolute atomic E-state index is 12.7. The molecular formula is C21H30N2O5S. The lowest BCUT2D eigenvalue weighted by atomic mass is 9.88. The van der Waals surface area contributed by atoms with Crippen LogP contribution in [0.3, 0.4) is 0 Å². The van der Waals surface area contributed by atoms with Gasteiger partial charge in [-0.05, 0) is 57.1 Å². The van der Waals surface area contributed by atoms with Gasteiger partial charge >= 0.3 is 11.9 Å². The summed E-state index contributed by atoms with van der Waals surface area (Å²) in [4.78, 5) is 40.2. The van der Waals surface area contributed by atoms with E-state index >= 15 is 0 Å². The number of carbonyl (C=O) groups is 3. The van der Waals surface area contributed by atoms with Crippen molar-refractivity contribution >= 4 is 34.2 Å². The zero-order chi connectivity index (χ0) is 21.0. The van der Waals surface area contributed by atoms with Crippen molar-refractivity contribution in [2.24, 2.45) is 11.8 Å². The monoisotopic (exact) mass is 422 g/mol. The van der Waals surface area contributed by atoms with Gasteiger partial charge in [-0.1, -0.05) is 6.92 Å². The fourth-order valence-corrected chi connectivity index (χ4v) is 5.59. The Kier molecular flexibility index (Phi) is 7.29. The topological polar surface area (TPSA) is 84.9 Å². The molecule has 1 aliphatic heterocycles. The van der Waals surface area contributed by atoms with Gasteiger partial charge in [-0.2, -0.15) is 0 Å². The summed E-state index contributed by atoms with van der Waals surface area (Å²) in [5, 5.41) is 3.52. The molecule has 1 saturated heterocycles. The number of ether oxygens (including phenoxy) is 2. The summed E-state index contributed by atoms with van der Waals surface area (Å²) in [6.07, 6.45) is 4.44. The normalized spacial score (nSPS) is 21.9. The number of anilines is 1. The van der Waals surface area contributed by atoms with Gasteiger partial charge in [0.2, 0.25) is 5.91 Å². The molecule has 1 fully saturated rings. The molecule has 7 nitrogen and oxygen atoms in total. The first-order chi connectivity index (χ1) is 13.9. The second-order valence-electron chi connectivity index (χ2n) is 7.92. The Morgan fingerprint density at radius 3 is 2.79 bits per heavy atom. The Hall–Kier alpha value is -1.93. The summed E-state index contributed by atoms with van der Waals surface area (Å²) < 4.78 is 10.1. The molecule has 0 radical (unpaired) electrons. The minimum absolute atomic E-state index is 0.175. The number of methoxy groups -OCH3 is 1. The van der Waals surface area contributed by atoms with Gasteiger partial charge in [0.15, 0.2) is 0 Å². The third kappa shape index (κ3) is 5.17. The zero-order valence-electron chi connectivity index (χ0n) is 17.4. The van der Waals surface area contributed by atoms with E-state index < -0.39 is 5.97 Å². The number of likely N-dealkylation sites (tertiary alicyclic amines) is 1. The average molecular weight is 423 g/mol. The Balaban J connectivity index is 1.67. The molecule has 1 aliphatic carbocycles. The quantitative estimate of drug-likeness (QED) is 0.710. The molecule has 29 heavy (non-hydrogen) atoms. The first kappa shape index (κ1) is 21.8. The Labute approximate surface area is 175 Å². The van der Waals surface area contributed by atoms with Crippen molar-refractivity contribution in [2.75, 3.05) is 38.7 Å². The van der Waals surface area contributed by atoms with Gasteiger partial charge in [-0.25, -0.2) is 4.79 Å². The molecule has 8 heteroatoms. The molecule has 1 amide bonds. The molecule has 0 spiro atoms. The maximum atomic E-state index is 12.7. The van der Waals surface area contributed by atoms with Gasteiger partial charge in [0.05, 0.1) is 31.7 Å². The largest absolute Gasteiger partial charge is 0.466 e. The summed E-state index contributed by atoms with van der Waals surface area (Å²) in [5.74, 6) is -0.370. The number of fused-ring (bicyclic) bond motifs is 1. The van der Waals surface area contributed by atoms with Crippen molar-refractivity contribution in [3.8, 4) is 0 Å².